The lowest BCUT2D eigenvalue weighted by Crippen LogP contribution is -2.42. The van der Waals surface area contributed by atoms with Crippen LogP contribution in [0.25, 0.3) is 0 Å². The van der Waals surface area contributed by atoms with Crippen LogP contribution >= 0.6 is 11.6 Å². The Morgan fingerprint density at radius 3 is 2.50 bits per heavy atom. The molecule has 5 heteroatoms. The lowest BCUT2D eigenvalue weighted by molar-refractivity contribution is 0.0967. The molecule has 0 saturated heterocycles. The van der Waals surface area contributed by atoms with Gasteiger partial charge in [-0.05, 0) is 32.6 Å². The van der Waals surface area contributed by atoms with Crippen LogP contribution in [0.1, 0.15) is 36.9 Å². The Bertz CT molecular complexity index is 394. The standard InChI is InChI=1S/C11H18ClN3O/c1-7-9(10(12)15(2)14-7)11(13)5-3-8(16)4-6-11/h8,16H,3-6,13H2,1-2H3. The van der Waals surface area contributed by atoms with Crippen LogP contribution in [0.4, 0.5) is 0 Å². The number of aliphatic hydroxyl groups excluding tert-OH is 1. The molecule has 1 aromatic heterocycles. The Balaban J connectivity index is 2.36. The molecule has 1 aliphatic rings. The van der Waals surface area contributed by atoms with E-state index in [1.807, 2.05) is 14.0 Å². The van der Waals surface area contributed by atoms with E-state index in [1.165, 1.54) is 0 Å². The number of rotatable bonds is 1. The van der Waals surface area contributed by atoms with Crippen LogP contribution in [-0.2, 0) is 12.6 Å². The zero-order chi connectivity index (χ0) is 11.9. The smallest absolute Gasteiger partial charge is 0.132 e. The number of halogens is 1. The van der Waals surface area contributed by atoms with Gasteiger partial charge in [0.2, 0.25) is 0 Å². The molecule has 0 spiro atoms. The molecular formula is C11H18ClN3O. The molecule has 4 nitrogen and oxygen atoms in total. The first-order valence-electron chi connectivity index (χ1n) is 5.60. The highest BCUT2D eigenvalue weighted by molar-refractivity contribution is 6.30. The third-order valence-electron chi connectivity index (χ3n) is 3.50. The van der Waals surface area contributed by atoms with Crippen molar-refractivity contribution in [3.05, 3.63) is 16.4 Å². The topological polar surface area (TPSA) is 64.1 Å². The van der Waals surface area contributed by atoms with E-state index >= 15 is 0 Å². The van der Waals surface area contributed by atoms with Crippen LogP contribution in [0.2, 0.25) is 5.15 Å². The van der Waals surface area contributed by atoms with Crippen LogP contribution in [0.15, 0.2) is 0 Å². The van der Waals surface area contributed by atoms with Crippen molar-refractivity contribution in [2.45, 2.75) is 44.2 Å². The average molecular weight is 244 g/mol. The zero-order valence-corrected chi connectivity index (χ0v) is 10.5. The molecule has 0 radical (unpaired) electrons. The number of nitrogens with two attached hydrogens (primary N) is 1. The molecule has 0 atom stereocenters. The lowest BCUT2D eigenvalue weighted by Gasteiger charge is -2.35. The predicted molar refractivity (Wildman–Crippen MR) is 63.3 cm³/mol. The van der Waals surface area contributed by atoms with E-state index in [0.29, 0.717) is 5.15 Å². The van der Waals surface area contributed by atoms with Crippen molar-refractivity contribution in [1.82, 2.24) is 9.78 Å². The van der Waals surface area contributed by atoms with E-state index in [9.17, 15) is 5.11 Å². The summed E-state index contributed by atoms with van der Waals surface area (Å²) in [6.07, 6.45) is 2.79. The van der Waals surface area contributed by atoms with Gasteiger partial charge >= 0.3 is 0 Å². The summed E-state index contributed by atoms with van der Waals surface area (Å²) in [6.45, 7) is 1.93. The Morgan fingerprint density at radius 1 is 1.50 bits per heavy atom. The summed E-state index contributed by atoms with van der Waals surface area (Å²) in [4.78, 5) is 0. The van der Waals surface area contributed by atoms with E-state index in [-0.39, 0.29) is 6.10 Å². The second kappa shape index (κ2) is 4.02. The zero-order valence-electron chi connectivity index (χ0n) is 9.70. The number of nitrogens with zero attached hydrogens (tertiary/aromatic N) is 2. The number of aromatic nitrogens is 2. The second-order valence-electron chi connectivity index (χ2n) is 4.76. The van der Waals surface area contributed by atoms with Gasteiger partial charge < -0.3 is 10.8 Å². The molecule has 3 N–H and O–H groups in total. The van der Waals surface area contributed by atoms with E-state index in [1.54, 1.807) is 4.68 Å². The summed E-state index contributed by atoms with van der Waals surface area (Å²) in [5.74, 6) is 0. The van der Waals surface area contributed by atoms with Gasteiger partial charge in [-0.25, -0.2) is 0 Å². The molecule has 1 heterocycles. The lowest BCUT2D eigenvalue weighted by atomic mass is 9.76. The maximum Gasteiger partial charge on any atom is 0.132 e. The maximum absolute atomic E-state index is 9.52. The van der Waals surface area contributed by atoms with Crippen molar-refractivity contribution in [3.63, 3.8) is 0 Å². The van der Waals surface area contributed by atoms with Gasteiger partial charge in [0.1, 0.15) is 5.15 Å². The number of aliphatic hydroxyl groups is 1. The number of aryl methyl sites for hydroxylation is 2. The van der Waals surface area contributed by atoms with Gasteiger partial charge in [0.25, 0.3) is 0 Å². The minimum Gasteiger partial charge on any atom is -0.393 e. The van der Waals surface area contributed by atoms with Crippen LogP contribution in [0, 0.1) is 6.92 Å². The largest absolute Gasteiger partial charge is 0.393 e. The minimum absolute atomic E-state index is 0.215. The Hall–Kier alpha value is -0.580. The summed E-state index contributed by atoms with van der Waals surface area (Å²) in [5, 5.41) is 14.4. The van der Waals surface area contributed by atoms with Crippen LogP contribution in [-0.4, -0.2) is 21.0 Å². The van der Waals surface area contributed by atoms with Crippen molar-refractivity contribution >= 4 is 11.6 Å². The fourth-order valence-electron chi connectivity index (χ4n) is 2.56. The number of hydrogen-bond donors (Lipinski definition) is 2. The van der Waals surface area contributed by atoms with E-state index in [4.69, 9.17) is 17.3 Å². The third-order valence-corrected chi connectivity index (χ3v) is 3.93. The molecule has 0 unspecified atom stereocenters. The van der Waals surface area contributed by atoms with Crippen molar-refractivity contribution in [3.8, 4) is 0 Å². The highest BCUT2D eigenvalue weighted by Crippen LogP contribution is 2.39. The SMILES string of the molecule is Cc1nn(C)c(Cl)c1C1(N)CCC(O)CC1. The maximum atomic E-state index is 9.52. The summed E-state index contributed by atoms with van der Waals surface area (Å²) >= 11 is 6.23. The summed E-state index contributed by atoms with van der Waals surface area (Å²) in [7, 11) is 1.82. The van der Waals surface area contributed by atoms with Crippen LogP contribution in [0.3, 0.4) is 0 Å². The van der Waals surface area contributed by atoms with Crippen molar-refractivity contribution in [1.29, 1.82) is 0 Å². The molecule has 0 aliphatic heterocycles. The van der Waals surface area contributed by atoms with Gasteiger partial charge in [0.05, 0.1) is 11.8 Å². The average Bonchev–Trinajstić information content (AvgIpc) is 2.47. The van der Waals surface area contributed by atoms with Gasteiger partial charge in [-0.1, -0.05) is 11.6 Å². The Labute approximate surface area is 100 Å². The second-order valence-corrected chi connectivity index (χ2v) is 5.12. The summed E-state index contributed by atoms with van der Waals surface area (Å²) < 4.78 is 1.66. The molecule has 1 aromatic rings. The molecule has 1 aliphatic carbocycles. The summed E-state index contributed by atoms with van der Waals surface area (Å²) in [5.41, 5.74) is 7.83. The van der Waals surface area contributed by atoms with Crippen LogP contribution in [0.5, 0.6) is 0 Å². The van der Waals surface area contributed by atoms with Gasteiger partial charge in [-0.2, -0.15) is 5.10 Å². The van der Waals surface area contributed by atoms with Crippen molar-refractivity contribution < 1.29 is 5.11 Å². The molecule has 1 saturated carbocycles. The van der Waals surface area contributed by atoms with Gasteiger partial charge in [0.15, 0.2) is 0 Å². The first-order chi connectivity index (χ1) is 7.44. The predicted octanol–water partition coefficient (Wildman–Crippen LogP) is 1.47. The first kappa shape index (κ1) is 11.9. The monoisotopic (exact) mass is 243 g/mol. The highest BCUT2D eigenvalue weighted by atomic mass is 35.5. The van der Waals surface area contributed by atoms with E-state index in [2.05, 4.69) is 5.10 Å². The normalized spacial score (nSPS) is 30.7. The van der Waals surface area contributed by atoms with E-state index in [0.717, 1.165) is 36.9 Å². The molecule has 16 heavy (non-hydrogen) atoms. The fraction of sp³-hybridized carbons (Fsp3) is 0.727. The molecule has 0 aromatic carbocycles. The van der Waals surface area contributed by atoms with Gasteiger partial charge in [-0.15, -0.1) is 0 Å². The first-order valence-corrected chi connectivity index (χ1v) is 5.98. The molecule has 1 fully saturated rings. The van der Waals surface area contributed by atoms with Gasteiger partial charge in [-0.3, -0.25) is 4.68 Å². The fourth-order valence-corrected chi connectivity index (χ4v) is 2.93. The Morgan fingerprint density at radius 2 is 2.06 bits per heavy atom. The third kappa shape index (κ3) is 1.85. The molecule has 0 amide bonds. The van der Waals surface area contributed by atoms with Crippen LogP contribution < -0.4 is 5.73 Å². The Kier molecular flexibility index (Phi) is 2.99. The van der Waals surface area contributed by atoms with Crippen molar-refractivity contribution in [2.75, 3.05) is 0 Å². The molecule has 2 rings (SSSR count). The summed E-state index contributed by atoms with van der Waals surface area (Å²) in [6, 6.07) is 0. The minimum atomic E-state index is -0.422. The molecule has 0 bridgehead atoms. The van der Waals surface area contributed by atoms with E-state index < -0.39 is 5.54 Å². The van der Waals surface area contributed by atoms with Crippen molar-refractivity contribution in [2.24, 2.45) is 12.8 Å². The number of hydrogen-bond acceptors (Lipinski definition) is 3. The molecular weight excluding hydrogens is 226 g/mol. The quantitative estimate of drug-likeness (QED) is 0.785. The molecule has 90 valence electrons. The van der Waals surface area contributed by atoms with Gasteiger partial charge in [0, 0.05) is 18.2 Å². The highest BCUT2D eigenvalue weighted by Gasteiger charge is 2.37.